The van der Waals surface area contributed by atoms with Crippen molar-refractivity contribution in [2.75, 3.05) is 0 Å². The van der Waals surface area contributed by atoms with Gasteiger partial charge in [0.25, 0.3) is 0 Å². The van der Waals surface area contributed by atoms with Crippen LogP contribution in [0.15, 0.2) is 54.7 Å². The van der Waals surface area contributed by atoms with Crippen LogP contribution in [0.2, 0.25) is 0 Å². The molecule has 2 aromatic carbocycles. The van der Waals surface area contributed by atoms with E-state index in [4.69, 9.17) is 15.9 Å². The Labute approximate surface area is 122 Å². The fourth-order valence-electron chi connectivity index (χ4n) is 2.18. The maximum atomic E-state index is 7.65. The lowest BCUT2D eigenvalue weighted by Crippen LogP contribution is -2.12. The highest BCUT2D eigenvalue weighted by molar-refractivity contribution is 5.98. The van der Waals surface area contributed by atoms with Gasteiger partial charge in [0.15, 0.2) is 0 Å². The molecule has 0 saturated carbocycles. The Kier molecular flexibility index (Phi) is 3.28. The summed E-state index contributed by atoms with van der Waals surface area (Å²) in [4.78, 5) is 4.36. The lowest BCUT2D eigenvalue weighted by atomic mass is 10.1. The summed E-state index contributed by atoms with van der Waals surface area (Å²) in [6.45, 7) is 1.95. The largest absolute Gasteiger partial charge is 0.455 e. The van der Waals surface area contributed by atoms with Crippen LogP contribution in [0.1, 0.15) is 11.1 Å². The summed E-state index contributed by atoms with van der Waals surface area (Å²) >= 11 is 0. The Morgan fingerprint density at radius 3 is 2.76 bits per heavy atom. The number of rotatable bonds is 3. The van der Waals surface area contributed by atoms with Crippen LogP contribution in [0.5, 0.6) is 11.5 Å². The third-order valence-electron chi connectivity index (χ3n) is 3.22. The third-order valence-corrected chi connectivity index (χ3v) is 3.22. The van der Waals surface area contributed by atoms with Crippen LogP contribution >= 0.6 is 0 Å². The molecule has 0 aliphatic carbocycles. The van der Waals surface area contributed by atoms with Crippen molar-refractivity contribution < 1.29 is 4.74 Å². The molecule has 0 amide bonds. The molecule has 104 valence electrons. The first kappa shape index (κ1) is 13.1. The zero-order valence-corrected chi connectivity index (χ0v) is 11.6. The van der Waals surface area contributed by atoms with Crippen LogP contribution in [0, 0.1) is 12.3 Å². The number of amidine groups is 1. The van der Waals surface area contributed by atoms with E-state index in [-0.39, 0.29) is 5.84 Å². The number of benzene rings is 2. The number of ether oxygens (including phenoxy) is 1. The van der Waals surface area contributed by atoms with Crippen LogP contribution < -0.4 is 10.5 Å². The second-order valence-corrected chi connectivity index (χ2v) is 4.88. The van der Waals surface area contributed by atoms with Crippen LogP contribution in [0.3, 0.4) is 0 Å². The Hall–Kier alpha value is -2.88. The molecule has 21 heavy (non-hydrogen) atoms. The maximum Gasteiger partial charge on any atom is 0.146 e. The quantitative estimate of drug-likeness (QED) is 0.567. The van der Waals surface area contributed by atoms with E-state index in [0.717, 1.165) is 16.5 Å². The molecule has 0 aliphatic rings. The molecule has 0 radical (unpaired) electrons. The number of hydrogen-bond acceptors (Lipinski definition) is 3. The van der Waals surface area contributed by atoms with Crippen LogP contribution in [0.4, 0.5) is 0 Å². The number of nitrogens with zero attached hydrogens (tertiary/aromatic N) is 1. The predicted molar refractivity (Wildman–Crippen MR) is 84.0 cm³/mol. The molecular weight excluding hydrogens is 262 g/mol. The third kappa shape index (κ3) is 2.69. The molecule has 0 spiro atoms. The van der Waals surface area contributed by atoms with Gasteiger partial charge in [-0.3, -0.25) is 10.4 Å². The van der Waals surface area contributed by atoms with Gasteiger partial charge >= 0.3 is 0 Å². The minimum atomic E-state index is -0.0116. The van der Waals surface area contributed by atoms with E-state index >= 15 is 0 Å². The summed E-state index contributed by atoms with van der Waals surface area (Å²) in [5.41, 5.74) is 8.15. The van der Waals surface area contributed by atoms with Crippen LogP contribution in [-0.2, 0) is 0 Å². The van der Waals surface area contributed by atoms with Crippen molar-refractivity contribution in [1.29, 1.82) is 5.41 Å². The van der Waals surface area contributed by atoms with E-state index in [1.807, 2.05) is 55.5 Å². The molecule has 1 heterocycles. The molecule has 4 nitrogen and oxygen atoms in total. The number of aryl methyl sites for hydroxylation is 1. The first-order chi connectivity index (χ1) is 10.1. The van der Waals surface area contributed by atoms with E-state index in [9.17, 15) is 0 Å². The lowest BCUT2D eigenvalue weighted by molar-refractivity contribution is 0.480. The van der Waals surface area contributed by atoms with E-state index in [2.05, 4.69) is 4.98 Å². The molecule has 4 heteroatoms. The number of fused-ring (bicyclic) bond motifs is 1. The average Bonchev–Trinajstić information content (AvgIpc) is 2.49. The van der Waals surface area contributed by atoms with Gasteiger partial charge in [-0.1, -0.05) is 29.8 Å². The molecule has 3 rings (SSSR count). The monoisotopic (exact) mass is 277 g/mol. The van der Waals surface area contributed by atoms with E-state index < -0.39 is 0 Å². The number of nitrogens with one attached hydrogen (secondary N) is 1. The Bertz CT molecular complexity index is 827. The second kappa shape index (κ2) is 5.25. The number of pyridine rings is 1. The predicted octanol–water partition coefficient (Wildman–Crippen LogP) is 3.62. The highest BCUT2D eigenvalue weighted by Gasteiger charge is 2.09. The number of aromatic nitrogens is 1. The van der Waals surface area contributed by atoms with Gasteiger partial charge in [0.2, 0.25) is 0 Å². The van der Waals surface area contributed by atoms with Crippen molar-refractivity contribution in [1.82, 2.24) is 4.98 Å². The topological polar surface area (TPSA) is 72.0 Å². The number of para-hydroxylation sites is 1. The van der Waals surface area contributed by atoms with E-state index in [1.165, 1.54) is 0 Å². The zero-order valence-electron chi connectivity index (χ0n) is 11.6. The maximum absolute atomic E-state index is 7.65. The van der Waals surface area contributed by atoms with Crippen molar-refractivity contribution in [2.24, 2.45) is 5.73 Å². The first-order valence-electron chi connectivity index (χ1n) is 6.61. The fourth-order valence-corrected chi connectivity index (χ4v) is 2.18. The van der Waals surface area contributed by atoms with Gasteiger partial charge in [-0.2, -0.15) is 0 Å². The lowest BCUT2D eigenvalue weighted by Gasteiger charge is -2.11. The van der Waals surface area contributed by atoms with Crippen molar-refractivity contribution in [3.63, 3.8) is 0 Å². The Morgan fingerprint density at radius 1 is 1.14 bits per heavy atom. The van der Waals surface area contributed by atoms with Gasteiger partial charge in [-0.05, 0) is 31.2 Å². The summed E-state index contributed by atoms with van der Waals surface area (Å²) in [7, 11) is 0. The molecule has 0 unspecified atom stereocenters. The summed E-state index contributed by atoms with van der Waals surface area (Å²) in [6.07, 6.45) is 1.67. The molecule has 0 atom stereocenters. The molecule has 0 aliphatic heterocycles. The second-order valence-electron chi connectivity index (χ2n) is 4.88. The van der Waals surface area contributed by atoms with Gasteiger partial charge < -0.3 is 10.5 Å². The van der Waals surface area contributed by atoms with Crippen molar-refractivity contribution >= 4 is 16.7 Å². The zero-order chi connectivity index (χ0) is 14.8. The van der Waals surface area contributed by atoms with Gasteiger partial charge in [0.1, 0.15) is 17.3 Å². The summed E-state index contributed by atoms with van der Waals surface area (Å²) in [5.74, 6) is 1.17. The highest BCUT2D eigenvalue weighted by atomic mass is 16.5. The number of nitrogen functional groups attached to an aromatic ring is 1. The van der Waals surface area contributed by atoms with Crippen molar-refractivity contribution in [3.8, 4) is 11.5 Å². The van der Waals surface area contributed by atoms with Gasteiger partial charge in [-0.15, -0.1) is 0 Å². The standard InChI is InChI=1S/C17H15N3O/c1-11-6-7-16(14(8-11)17(18)19)21-13-9-12-4-2-3-5-15(12)20-10-13/h2-10H,1H3,(H3,18,19). The van der Waals surface area contributed by atoms with Crippen molar-refractivity contribution in [3.05, 3.63) is 65.9 Å². The molecule has 0 bridgehead atoms. The van der Waals surface area contributed by atoms with Crippen LogP contribution in [-0.4, -0.2) is 10.8 Å². The fraction of sp³-hybridized carbons (Fsp3) is 0.0588. The molecule has 0 saturated heterocycles. The number of hydrogen-bond donors (Lipinski definition) is 2. The first-order valence-corrected chi connectivity index (χ1v) is 6.61. The minimum Gasteiger partial charge on any atom is -0.455 e. The Balaban J connectivity index is 2.00. The van der Waals surface area contributed by atoms with Gasteiger partial charge in [0, 0.05) is 5.39 Å². The molecule has 1 aromatic heterocycles. The molecular formula is C17H15N3O. The molecule has 3 N–H and O–H groups in total. The minimum absolute atomic E-state index is 0.0116. The van der Waals surface area contributed by atoms with E-state index in [0.29, 0.717) is 17.1 Å². The highest BCUT2D eigenvalue weighted by Crippen LogP contribution is 2.27. The van der Waals surface area contributed by atoms with Crippen LogP contribution in [0.25, 0.3) is 10.9 Å². The molecule has 3 aromatic rings. The number of nitrogens with two attached hydrogens (primary N) is 1. The normalized spacial score (nSPS) is 10.5. The summed E-state index contributed by atoms with van der Waals surface area (Å²) in [6, 6.07) is 15.3. The SMILES string of the molecule is Cc1ccc(Oc2cnc3ccccc3c2)c(C(=N)N)c1. The van der Waals surface area contributed by atoms with Crippen molar-refractivity contribution in [2.45, 2.75) is 6.92 Å². The van der Waals surface area contributed by atoms with Gasteiger partial charge in [-0.25, -0.2) is 0 Å². The smallest absolute Gasteiger partial charge is 0.146 e. The van der Waals surface area contributed by atoms with E-state index in [1.54, 1.807) is 6.20 Å². The Morgan fingerprint density at radius 2 is 1.95 bits per heavy atom. The molecule has 0 fully saturated rings. The summed E-state index contributed by atoms with van der Waals surface area (Å²) in [5, 5.41) is 8.66. The average molecular weight is 277 g/mol. The van der Waals surface area contributed by atoms with Gasteiger partial charge in [0.05, 0.1) is 17.3 Å². The summed E-state index contributed by atoms with van der Waals surface area (Å²) < 4.78 is 5.85.